The summed E-state index contributed by atoms with van der Waals surface area (Å²) in [5.74, 6) is 0.221. The Bertz CT molecular complexity index is 957. The van der Waals surface area contributed by atoms with Crippen molar-refractivity contribution in [3.05, 3.63) is 75.2 Å². The Labute approximate surface area is 203 Å². The number of hydrogen-bond acceptors (Lipinski definition) is 3. The van der Waals surface area contributed by atoms with Gasteiger partial charge in [0.25, 0.3) is 0 Å². The Balaban J connectivity index is 2.02. The van der Waals surface area contributed by atoms with Gasteiger partial charge in [0.15, 0.2) is 6.61 Å². The van der Waals surface area contributed by atoms with E-state index in [0.717, 1.165) is 29.0 Å². The van der Waals surface area contributed by atoms with Crippen molar-refractivity contribution in [2.75, 3.05) is 6.61 Å². The molecule has 0 bridgehead atoms. The summed E-state index contributed by atoms with van der Waals surface area (Å²) in [5.41, 5.74) is 3.08. The van der Waals surface area contributed by atoms with Crippen molar-refractivity contribution in [1.29, 1.82) is 0 Å². The van der Waals surface area contributed by atoms with E-state index in [4.69, 9.17) is 26.2 Å². The molecule has 1 fully saturated rings. The molecule has 1 aliphatic heterocycles. The average Bonchev–Trinajstić information content (AvgIpc) is 2.72. The molecule has 0 aliphatic carbocycles. The molecule has 0 saturated carbocycles. The molecule has 0 spiro atoms. The van der Waals surface area contributed by atoms with Crippen LogP contribution in [0.5, 0.6) is 5.75 Å². The lowest BCUT2D eigenvalue weighted by atomic mass is 9.74. The maximum absolute atomic E-state index is 11.1. The maximum Gasteiger partial charge on any atom is 0.341 e. The molecule has 6 heteroatoms. The van der Waals surface area contributed by atoms with Gasteiger partial charge in [0.2, 0.25) is 0 Å². The lowest BCUT2D eigenvalue weighted by Crippen LogP contribution is -2.37. The molecule has 4 atom stereocenters. The molecule has 2 aromatic rings. The van der Waals surface area contributed by atoms with E-state index in [1.807, 2.05) is 37.3 Å². The van der Waals surface area contributed by atoms with E-state index in [1.54, 1.807) is 0 Å². The summed E-state index contributed by atoms with van der Waals surface area (Å²) in [6.45, 7) is 10.3. The molecule has 1 N–H and O–H groups in total. The lowest BCUT2D eigenvalue weighted by Gasteiger charge is -2.43. The van der Waals surface area contributed by atoms with Crippen molar-refractivity contribution in [2.45, 2.75) is 51.7 Å². The normalized spacial score (nSPS) is 23.2. The van der Waals surface area contributed by atoms with Crippen molar-refractivity contribution in [3.8, 4) is 5.75 Å². The highest BCUT2D eigenvalue weighted by Crippen LogP contribution is 2.50. The number of aliphatic carboxylic acids is 1. The quantitative estimate of drug-likeness (QED) is 0.367. The zero-order chi connectivity index (χ0) is 23.4. The highest BCUT2D eigenvalue weighted by Gasteiger charge is 2.41. The zero-order valence-electron chi connectivity index (χ0n) is 18.7. The van der Waals surface area contributed by atoms with E-state index in [2.05, 4.69) is 48.5 Å². The van der Waals surface area contributed by atoms with Crippen molar-refractivity contribution in [1.82, 2.24) is 0 Å². The number of para-hydroxylation sites is 1. The zero-order valence-corrected chi connectivity index (χ0v) is 21.0. The Morgan fingerprint density at radius 3 is 2.56 bits per heavy atom. The predicted octanol–water partition coefficient (Wildman–Crippen LogP) is 7.42. The van der Waals surface area contributed by atoms with Gasteiger partial charge in [-0.05, 0) is 65.4 Å². The number of hydrogen-bond donors (Lipinski definition) is 1. The Kier molecular flexibility index (Phi) is 8.43. The Morgan fingerprint density at radius 1 is 1.28 bits per heavy atom. The highest BCUT2D eigenvalue weighted by molar-refractivity contribution is 9.10. The molecule has 0 radical (unpaired) electrons. The van der Waals surface area contributed by atoms with Gasteiger partial charge in [-0.25, -0.2) is 4.79 Å². The molecule has 32 heavy (non-hydrogen) atoms. The minimum atomic E-state index is -1.02. The molecule has 172 valence electrons. The summed E-state index contributed by atoms with van der Waals surface area (Å²) in [6.07, 6.45) is 1.51. The molecule has 1 saturated heterocycles. The summed E-state index contributed by atoms with van der Waals surface area (Å²) in [6, 6.07) is 13.8. The molecular weight excluding hydrogens is 492 g/mol. The third-order valence-electron chi connectivity index (χ3n) is 5.92. The summed E-state index contributed by atoms with van der Waals surface area (Å²) in [7, 11) is 0. The number of ether oxygens (including phenoxy) is 2. The number of rotatable bonds is 8. The van der Waals surface area contributed by atoms with E-state index in [9.17, 15) is 4.79 Å². The first kappa shape index (κ1) is 24.8. The lowest BCUT2D eigenvalue weighted by molar-refractivity contribution is -0.139. The minimum absolute atomic E-state index is 0.00285. The van der Waals surface area contributed by atoms with Crippen LogP contribution in [0.3, 0.4) is 0 Å². The summed E-state index contributed by atoms with van der Waals surface area (Å²) >= 11 is 9.66. The van der Waals surface area contributed by atoms with Gasteiger partial charge >= 0.3 is 5.97 Å². The van der Waals surface area contributed by atoms with Crippen molar-refractivity contribution >= 4 is 33.5 Å². The van der Waals surface area contributed by atoms with Crippen LogP contribution in [0.1, 0.15) is 56.8 Å². The van der Waals surface area contributed by atoms with Crippen molar-refractivity contribution in [2.24, 2.45) is 11.8 Å². The van der Waals surface area contributed by atoms with Crippen LogP contribution >= 0.6 is 27.5 Å². The van der Waals surface area contributed by atoms with Crippen molar-refractivity contribution < 1.29 is 19.4 Å². The van der Waals surface area contributed by atoms with Crippen LogP contribution in [0.15, 0.2) is 59.1 Å². The van der Waals surface area contributed by atoms with Gasteiger partial charge in [0.1, 0.15) is 5.75 Å². The molecule has 3 rings (SSSR count). The monoisotopic (exact) mass is 520 g/mol. The first-order valence-electron chi connectivity index (χ1n) is 10.9. The maximum atomic E-state index is 11.1. The van der Waals surface area contributed by atoms with Gasteiger partial charge in [-0.1, -0.05) is 61.9 Å². The second-order valence-electron chi connectivity index (χ2n) is 8.91. The SMILES string of the molecule is C=C(C)[C@@H]1C[C@@H](c2ccc(Cl)cc2)[C@@H](CC(C)C)O[C@H]1c1cccc(Br)c1OCC(=O)O. The van der Waals surface area contributed by atoms with Crippen LogP contribution in [0, 0.1) is 11.8 Å². The van der Waals surface area contributed by atoms with Gasteiger partial charge in [-0.3, -0.25) is 0 Å². The van der Waals surface area contributed by atoms with Crippen molar-refractivity contribution in [3.63, 3.8) is 0 Å². The largest absolute Gasteiger partial charge is 0.480 e. The molecule has 0 aromatic heterocycles. The fourth-order valence-electron chi connectivity index (χ4n) is 4.46. The molecule has 0 amide bonds. The topological polar surface area (TPSA) is 55.8 Å². The van der Waals surface area contributed by atoms with Gasteiger partial charge < -0.3 is 14.6 Å². The molecule has 0 unspecified atom stereocenters. The summed E-state index contributed by atoms with van der Waals surface area (Å²) in [5, 5.41) is 9.85. The molecule has 4 nitrogen and oxygen atoms in total. The number of carbonyl (C=O) groups is 1. The van der Waals surface area contributed by atoms with Gasteiger partial charge in [0, 0.05) is 22.4 Å². The van der Waals surface area contributed by atoms with E-state index in [1.165, 1.54) is 5.56 Å². The third-order valence-corrected chi connectivity index (χ3v) is 6.80. The van der Waals surface area contributed by atoms with Crippen LogP contribution < -0.4 is 4.74 Å². The average molecular weight is 522 g/mol. The molecule has 2 aromatic carbocycles. The third kappa shape index (κ3) is 5.94. The Morgan fingerprint density at radius 2 is 1.97 bits per heavy atom. The van der Waals surface area contributed by atoms with Crippen LogP contribution in [0.4, 0.5) is 0 Å². The molecule has 1 aliphatic rings. The standard InChI is InChI=1S/C26H30BrClO4/c1-15(2)12-23-21(17-8-10-18(28)11-9-17)13-20(16(3)4)25(32-23)19-6-5-7-22(27)26(19)31-14-24(29)30/h5-11,15,20-21,23,25H,3,12-14H2,1-2,4H3,(H,29,30)/t20-,21-,23+,25-/m0/s1. The smallest absolute Gasteiger partial charge is 0.341 e. The van der Waals surface area contributed by atoms with E-state index in [0.29, 0.717) is 16.1 Å². The Hall–Kier alpha value is -1.82. The minimum Gasteiger partial charge on any atom is -0.480 e. The summed E-state index contributed by atoms with van der Waals surface area (Å²) in [4.78, 5) is 11.1. The number of halogens is 2. The van der Waals surface area contributed by atoms with Crippen LogP contribution in [0.2, 0.25) is 5.02 Å². The fraction of sp³-hybridized carbons (Fsp3) is 0.423. The van der Waals surface area contributed by atoms with E-state index in [-0.39, 0.29) is 24.0 Å². The van der Waals surface area contributed by atoms with Gasteiger partial charge in [-0.15, -0.1) is 0 Å². The molecule has 1 heterocycles. The van der Waals surface area contributed by atoms with Crippen LogP contribution in [-0.4, -0.2) is 23.8 Å². The van der Waals surface area contributed by atoms with Gasteiger partial charge in [-0.2, -0.15) is 0 Å². The van der Waals surface area contributed by atoms with E-state index < -0.39 is 12.6 Å². The second-order valence-corrected chi connectivity index (χ2v) is 10.2. The number of carboxylic acids is 1. The highest BCUT2D eigenvalue weighted by atomic mass is 79.9. The van der Waals surface area contributed by atoms with E-state index >= 15 is 0 Å². The number of carboxylic acid groups (broad SMARTS) is 1. The van der Waals surface area contributed by atoms with Crippen LogP contribution in [0.25, 0.3) is 0 Å². The van der Waals surface area contributed by atoms with Crippen LogP contribution in [-0.2, 0) is 9.53 Å². The summed E-state index contributed by atoms with van der Waals surface area (Å²) < 4.78 is 13.2. The molecular formula is C26H30BrClO4. The first-order chi connectivity index (χ1) is 15.2. The fourth-order valence-corrected chi connectivity index (χ4v) is 5.08. The predicted molar refractivity (Wildman–Crippen MR) is 131 cm³/mol. The second kappa shape index (κ2) is 10.9. The number of benzene rings is 2. The van der Waals surface area contributed by atoms with Gasteiger partial charge in [0.05, 0.1) is 16.7 Å². The first-order valence-corrected chi connectivity index (χ1v) is 12.0.